The van der Waals surface area contributed by atoms with E-state index in [0.717, 1.165) is 17.8 Å². The van der Waals surface area contributed by atoms with Crippen LogP contribution in [0.3, 0.4) is 0 Å². The summed E-state index contributed by atoms with van der Waals surface area (Å²) in [5, 5.41) is 3.11. The van der Waals surface area contributed by atoms with Crippen LogP contribution in [0.4, 0.5) is 11.4 Å². The van der Waals surface area contributed by atoms with E-state index in [2.05, 4.69) is 47.1 Å². The Bertz CT molecular complexity index is 414. The summed E-state index contributed by atoms with van der Waals surface area (Å²) in [4.78, 5) is 0. The number of hydrogen-bond acceptors (Lipinski definition) is 3. The molecular weight excluding hydrogens is 210 g/mol. The molecule has 0 aliphatic heterocycles. The maximum Gasteiger partial charge on any atom is 0.0485 e. The Morgan fingerprint density at radius 3 is 1.71 bits per heavy atom. The predicted molar refractivity (Wildman–Crippen MR) is 73.0 cm³/mol. The first-order valence-electron chi connectivity index (χ1n) is 5.64. The molecule has 0 aliphatic rings. The molecule has 4 N–H and O–H groups in total. The van der Waals surface area contributed by atoms with Gasteiger partial charge in [-0.15, -0.1) is 0 Å². The third kappa shape index (κ3) is 2.98. The maximum absolute atomic E-state index is 5.33. The molecule has 2 rings (SSSR count). The number of hydrogen-bond donors (Lipinski definition) is 3. The summed E-state index contributed by atoms with van der Waals surface area (Å²) >= 11 is 0. The fourth-order valence-electron chi connectivity index (χ4n) is 1.74. The average molecular weight is 227 g/mol. The van der Waals surface area contributed by atoms with Gasteiger partial charge in [-0.3, -0.25) is 5.84 Å². The van der Waals surface area contributed by atoms with E-state index in [1.54, 1.807) is 0 Å². The van der Waals surface area contributed by atoms with Crippen molar-refractivity contribution in [2.45, 2.75) is 6.42 Å². The normalized spacial score (nSPS) is 10.0. The molecule has 0 amide bonds. The summed E-state index contributed by atoms with van der Waals surface area (Å²) in [6, 6.07) is 16.6. The molecule has 0 aliphatic carbocycles. The number of benzene rings is 2. The van der Waals surface area contributed by atoms with Crippen LogP contribution >= 0.6 is 0 Å². The lowest BCUT2D eigenvalue weighted by atomic mass is 10.0. The fraction of sp³-hybridized carbons (Fsp3) is 0.143. The van der Waals surface area contributed by atoms with Gasteiger partial charge in [0.25, 0.3) is 0 Å². The van der Waals surface area contributed by atoms with E-state index in [1.807, 2.05) is 19.2 Å². The molecule has 0 bridgehead atoms. The monoisotopic (exact) mass is 227 g/mol. The minimum atomic E-state index is 0.930. The molecule has 0 fully saturated rings. The number of nitrogens with two attached hydrogens (primary N) is 1. The van der Waals surface area contributed by atoms with Crippen molar-refractivity contribution in [2.24, 2.45) is 5.84 Å². The second-order valence-electron chi connectivity index (χ2n) is 3.96. The van der Waals surface area contributed by atoms with Gasteiger partial charge in [0, 0.05) is 18.4 Å². The molecule has 0 radical (unpaired) electrons. The van der Waals surface area contributed by atoms with Gasteiger partial charge in [-0.05, 0) is 41.8 Å². The average Bonchev–Trinajstić information content (AvgIpc) is 2.40. The topological polar surface area (TPSA) is 50.1 Å². The maximum atomic E-state index is 5.33. The molecule has 2 aromatic carbocycles. The molecule has 0 atom stereocenters. The van der Waals surface area contributed by atoms with Crippen molar-refractivity contribution in [2.75, 3.05) is 17.8 Å². The molecule has 0 saturated carbocycles. The van der Waals surface area contributed by atoms with Gasteiger partial charge in [-0.25, -0.2) is 0 Å². The van der Waals surface area contributed by atoms with Crippen molar-refractivity contribution in [1.82, 2.24) is 0 Å². The third-order valence-corrected chi connectivity index (χ3v) is 2.77. The van der Waals surface area contributed by atoms with Gasteiger partial charge in [0.2, 0.25) is 0 Å². The van der Waals surface area contributed by atoms with Crippen LogP contribution in [0.2, 0.25) is 0 Å². The summed E-state index contributed by atoms with van der Waals surface area (Å²) in [6.45, 7) is 0. The van der Waals surface area contributed by atoms with E-state index >= 15 is 0 Å². The van der Waals surface area contributed by atoms with E-state index in [-0.39, 0.29) is 0 Å². The molecule has 3 heteroatoms. The summed E-state index contributed by atoms with van der Waals surface area (Å²) in [5.74, 6) is 5.33. The lowest BCUT2D eigenvalue weighted by Gasteiger charge is -2.05. The number of anilines is 2. The molecule has 17 heavy (non-hydrogen) atoms. The van der Waals surface area contributed by atoms with Gasteiger partial charge in [-0.2, -0.15) is 0 Å². The van der Waals surface area contributed by atoms with Gasteiger partial charge in [0.1, 0.15) is 0 Å². The Kier molecular flexibility index (Phi) is 3.62. The van der Waals surface area contributed by atoms with Crippen LogP contribution in [0.25, 0.3) is 0 Å². The largest absolute Gasteiger partial charge is 0.388 e. The number of nitrogens with one attached hydrogen (secondary N) is 2. The van der Waals surface area contributed by atoms with Crippen molar-refractivity contribution < 1.29 is 0 Å². The highest BCUT2D eigenvalue weighted by molar-refractivity contribution is 5.46. The van der Waals surface area contributed by atoms with E-state index in [1.165, 1.54) is 11.1 Å². The van der Waals surface area contributed by atoms with Gasteiger partial charge >= 0.3 is 0 Å². The number of nitrogen functional groups attached to an aromatic ring is 1. The van der Waals surface area contributed by atoms with Crippen molar-refractivity contribution in [1.29, 1.82) is 0 Å². The van der Waals surface area contributed by atoms with Crippen LogP contribution in [0.1, 0.15) is 11.1 Å². The first kappa shape index (κ1) is 11.5. The van der Waals surface area contributed by atoms with E-state index in [4.69, 9.17) is 5.84 Å². The molecule has 0 heterocycles. The molecule has 0 aromatic heterocycles. The van der Waals surface area contributed by atoms with Crippen molar-refractivity contribution in [3.63, 3.8) is 0 Å². The van der Waals surface area contributed by atoms with Crippen LogP contribution in [0.15, 0.2) is 48.5 Å². The van der Waals surface area contributed by atoms with Crippen LogP contribution < -0.4 is 16.6 Å². The Labute approximate surface area is 102 Å². The highest BCUT2D eigenvalue weighted by atomic mass is 15.2. The molecule has 2 aromatic rings. The Morgan fingerprint density at radius 2 is 1.29 bits per heavy atom. The summed E-state index contributed by atoms with van der Waals surface area (Å²) in [5.41, 5.74) is 7.27. The summed E-state index contributed by atoms with van der Waals surface area (Å²) in [6.07, 6.45) is 0.939. The number of hydrazine groups is 1. The first-order chi connectivity index (χ1) is 8.31. The van der Waals surface area contributed by atoms with Crippen molar-refractivity contribution in [3.05, 3.63) is 59.7 Å². The van der Waals surface area contributed by atoms with Crippen molar-refractivity contribution in [3.8, 4) is 0 Å². The lowest BCUT2D eigenvalue weighted by Crippen LogP contribution is -2.06. The van der Waals surface area contributed by atoms with Gasteiger partial charge in [-0.1, -0.05) is 24.3 Å². The van der Waals surface area contributed by atoms with E-state index in [0.29, 0.717) is 0 Å². The van der Waals surface area contributed by atoms with Crippen LogP contribution in [-0.4, -0.2) is 7.05 Å². The molecular formula is C14H17N3. The van der Waals surface area contributed by atoms with Crippen LogP contribution in [-0.2, 0) is 6.42 Å². The van der Waals surface area contributed by atoms with Gasteiger partial charge < -0.3 is 10.7 Å². The van der Waals surface area contributed by atoms with E-state index in [9.17, 15) is 0 Å². The van der Waals surface area contributed by atoms with Crippen LogP contribution in [0.5, 0.6) is 0 Å². The van der Waals surface area contributed by atoms with Gasteiger partial charge in [0.05, 0.1) is 0 Å². The predicted octanol–water partition coefficient (Wildman–Crippen LogP) is 2.60. The minimum Gasteiger partial charge on any atom is -0.388 e. The lowest BCUT2D eigenvalue weighted by molar-refractivity contribution is 1.19. The summed E-state index contributed by atoms with van der Waals surface area (Å²) in [7, 11) is 1.92. The molecule has 3 nitrogen and oxygen atoms in total. The summed E-state index contributed by atoms with van der Waals surface area (Å²) < 4.78 is 0. The SMILES string of the molecule is CNc1ccc(Cc2ccc(NN)cc2)cc1. The Morgan fingerprint density at radius 1 is 0.824 bits per heavy atom. The standard InChI is InChI=1S/C14H17N3/c1-16-13-6-2-11(3-7-13)10-12-4-8-14(17-15)9-5-12/h2-9,16-17H,10,15H2,1H3. The van der Waals surface area contributed by atoms with E-state index < -0.39 is 0 Å². The zero-order valence-corrected chi connectivity index (χ0v) is 9.90. The smallest absolute Gasteiger partial charge is 0.0485 e. The first-order valence-corrected chi connectivity index (χ1v) is 5.64. The highest BCUT2D eigenvalue weighted by Gasteiger charge is 1.97. The molecule has 0 saturated heterocycles. The van der Waals surface area contributed by atoms with Gasteiger partial charge in [0.15, 0.2) is 0 Å². The Hall–Kier alpha value is -2.00. The molecule has 0 unspecified atom stereocenters. The zero-order chi connectivity index (χ0) is 12.1. The second kappa shape index (κ2) is 5.37. The zero-order valence-electron chi connectivity index (χ0n) is 9.90. The van der Waals surface area contributed by atoms with Crippen molar-refractivity contribution >= 4 is 11.4 Å². The second-order valence-corrected chi connectivity index (χ2v) is 3.96. The minimum absolute atomic E-state index is 0.930. The van der Waals surface area contributed by atoms with Crippen LogP contribution in [0, 0.1) is 0 Å². The highest BCUT2D eigenvalue weighted by Crippen LogP contribution is 2.15. The number of rotatable bonds is 4. The third-order valence-electron chi connectivity index (χ3n) is 2.77. The quantitative estimate of drug-likeness (QED) is 0.556. The Balaban J connectivity index is 2.08. The molecule has 0 spiro atoms. The fourth-order valence-corrected chi connectivity index (χ4v) is 1.74. The molecule has 88 valence electrons.